The summed E-state index contributed by atoms with van der Waals surface area (Å²) in [4.78, 5) is 4.61. The van der Waals surface area contributed by atoms with Crippen molar-refractivity contribution in [3.63, 3.8) is 0 Å². The molecule has 1 aromatic heterocycles. The van der Waals surface area contributed by atoms with E-state index in [2.05, 4.69) is 22.7 Å². The number of aromatic nitrogens is 1. The summed E-state index contributed by atoms with van der Waals surface area (Å²) in [6, 6.07) is 0.414. The molecular weight excluding hydrogens is 254 g/mol. The average molecular weight is 279 g/mol. The lowest BCUT2D eigenvalue weighted by Gasteiger charge is -2.46. The Hall–Kier alpha value is -0.450. The van der Waals surface area contributed by atoms with Gasteiger partial charge in [-0.05, 0) is 24.7 Å². The maximum atomic E-state index is 5.89. The highest BCUT2D eigenvalue weighted by Crippen LogP contribution is 2.46. The van der Waals surface area contributed by atoms with Gasteiger partial charge in [0.2, 0.25) is 0 Å². The number of hydrogen-bond acceptors (Lipinski definition) is 4. The molecule has 2 fully saturated rings. The second kappa shape index (κ2) is 5.90. The normalized spacial score (nSPS) is 22.3. The second-order valence-electron chi connectivity index (χ2n) is 6.29. The molecule has 1 aromatic rings. The first-order valence-electron chi connectivity index (χ1n) is 7.65. The Morgan fingerprint density at radius 3 is 2.32 bits per heavy atom. The molecule has 0 aromatic carbocycles. The Bertz CT molecular complexity index is 395. The molecule has 3 rings (SSSR count). The van der Waals surface area contributed by atoms with Crippen molar-refractivity contribution in [2.45, 2.75) is 57.9 Å². The summed E-state index contributed by atoms with van der Waals surface area (Å²) in [5.74, 6) is 8.48. The third kappa shape index (κ3) is 2.86. The molecular formula is C15H25N3S. The summed E-state index contributed by atoms with van der Waals surface area (Å²) in [5, 5.41) is 3.35. The van der Waals surface area contributed by atoms with E-state index in [1.165, 1.54) is 44.2 Å². The Morgan fingerprint density at radius 2 is 1.95 bits per heavy atom. The van der Waals surface area contributed by atoms with E-state index in [0.29, 0.717) is 6.04 Å². The van der Waals surface area contributed by atoms with Gasteiger partial charge in [0.1, 0.15) is 0 Å². The minimum atomic E-state index is 0.414. The molecule has 4 heteroatoms. The van der Waals surface area contributed by atoms with Crippen LogP contribution in [0.1, 0.15) is 49.2 Å². The van der Waals surface area contributed by atoms with Crippen LogP contribution in [0.2, 0.25) is 0 Å². The fourth-order valence-electron chi connectivity index (χ4n) is 3.72. The van der Waals surface area contributed by atoms with Crippen LogP contribution in [0.5, 0.6) is 0 Å². The van der Waals surface area contributed by atoms with Gasteiger partial charge in [-0.25, -0.2) is 4.98 Å². The molecule has 0 saturated heterocycles. The summed E-state index contributed by atoms with van der Waals surface area (Å²) in [6.45, 7) is 2.08. The number of aryl methyl sites for hydroxylation is 1. The van der Waals surface area contributed by atoms with Gasteiger partial charge in [-0.1, -0.05) is 38.5 Å². The van der Waals surface area contributed by atoms with Gasteiger partial charge < -0.3 is 0 Å². The lowest BCUT2D eigenvalue weighted by Crippen LogP contribution is -2.50. The van der Waals surface area contributed by atoms with E-state index in [9.17, 15) is 0 Å². The van der Waals surface area contributed by atoms with Crippen LogP contribution >= 0.6 is 11.3 Å². The van der Waals surface area contributed by atoms with Crippen LogP contribution in [0, 0.1) is 24.7 Å². The van der Waals surface area contributed by atoms with Gasteiger partial charge in [-0.15, -0.1) is 11.3 Å². The molecule has 3 N–H and O–H groups in total. The van der Waals surface area contributed by atoms with Gasteiger partial charge in [0.05, 0.1) is 10.7 Å². The highest BCUT2D eigenvalue weighted by molar-refractivity contribution is 7.09. The second-order valence-corrected chi connectivity index (χ2v) is 7.36. The van der Waals surface area contributed by atoms with Crippen molar-refractivity contribution in [1.29, 1.82) is 0 Å². The van der Waals surface area contributed by atoms with Crippen LogP contribution in [-0.4, -0.2) is 11.0 Å². The molecule has 1 unspecified atom stereocenters. The van der Waals surface area contributed by atoms with E-state index in [1.54, 1.807) is 11.3 Å². The molecule has 2 aliphatic rings. The van der Waals surface area contributed by atoms with E-state index in [4.69, 9.17) is 5.84 Å². The lowest BCUT2D eigenvalue weighted by atomic mass is 9.61. The predicted octanol–water partition coefficient (Wildman–Crippen LogP) is 3.04. The molecule has 0 amide bonds. The Balaban J connectivity index is 1.70. The molecule has 0 spiro atoms. The number of hydrazine groups is 1. The number of nitrogens with zero attached hydrogens (tertiary/aromatic N) is 1. The number of thiazole rings is 1. The van der Waals surface area contributed by atoms with E-state index in [-0.39, 0.29) is 0 Å². The fourth-order valence-corrected chi connectivity index (χ4v) is 4.35. The van der Waals surface area contributed by atoms with Gasteiger partial charge in [0.15, 0.2) is 0 Å². The number of rotatable bonds is 6. The average Bonchev–Trinajstić information content (AvgIpc) is 2.66. The maximum absolute atomic E-state index is 5.89. The van der Waals surface area contributed by atoms with Gasteiger partial charge in [-0.2, -0.15) is 0 Å². The van der Waals surface area contributed by atoms with Gasteiger partial charge in [0.25, 0.3) is 0 Å². The molecule has 0 aliphatic heterocycles. The van der Waals surface area contributed by atoms with Crippen molar-refractivity contribution in [3.8, 4) is 0 Å². The van der Waals surface area contributed by atoms with E-state index < -0.39 is 0 Å². The largest absolute Gasteiger partial charge is 0.271 e. The molecule has 3 nitrogen and oxygen atoms in total. The molecule has 106 valence electrons. The SMILES string of the molecule is Cc1nc(CC(NN)C(C2CCC2)C2CCC2)cs1. The Labute approximate surface area is 120 Å². The summed E-state index contributed by atoms with van der Waals surface area (Å²) < 4.78 is 0. The molecule has 0 radical (unpaired) electrons. The van der Waals surface area contributed by atoms with Crippen molar-refractivity contribution in [1.82, 2.24) is 10.4 Å². The van der Waals surface area contributed by atoms with E-state index >= 15 is 0 Å². The number of hydrogen-bond donors (Lipinski definition) is 2. The standard InChI is InChI=1S/C15H25N3S/c1-10-17-13(9-19-10)8-14(18-16)15(11-4-2-5-11)12-6-3-7-12/h9,11-12,14-15,18H,2-8,16H2,1H3. The lowest BCUT2D eigenvalue weighted by molar-refractivity contribution is 0.0597. The minimum Gasteiger partial charge on any atom is -0.271 e. The van der Waals surface area contributed by atoms with Crippen LogP contribution in [0.3, 0.4) is 0 Å². The maximum Gasteiger partial charge on any atom is 0.0897 e. The van der Waals surface area contributed by atoms with Gasteiger partial charge in [0, 0.05) is 17.8 Å². The molecule has 1 heterocycles. The third-order valence-corrected chi connectivity index (χ3v) is 5.98. The van der Waals surface area contributed by atoms with Crippen LogP contribution in [0.25, 0.3) is 0 Å². The monoisotopic (exact) mass is 279 g/mol. The highest BCUT2D eigenvalue weighted by Gasteiger charge is 2.40. The zero-order valence-electron chi connectivity index (χ0n) is 11.8. The zero-order valence-corrected chi connectivity index (χ0v) is 12.6. The summed E-state index contributed by atoms with van der Waals surface area (Å²) in [6.07, 6.45) is 9.48. The molecule has 0 bridgehead atoms. The Kier molecular flexibility index (Phi) is 4.20. The highest BCUT2D eigenvalue weighted by atomic mass is 32.1. The summed E-state index contributed by atoms with van der Waals surface area (Å²) >= 11 is 1.75. The van der Waals surface area contributed by atoms with E-state index in [1.807, 2.05) is 0 Å². The van der Waals surface area contributed by atoms with Crippen molar-refractivity contribution in [2.75, 3.05) is 0 Å². The first kappa shape index (κ1) is 13.5. The van der Waals surface area contributed by atoms with Gasteiger partial charge in [-0.3, -0.25) is 11.3 Å². The van der Waals surface area contributed by atoms with Crippen molar-refractivity contribution >= 4 is 11.3 Å². The quantitative estimate of drug-likeness (QED) is 0.621. The number of nitrogens with one attached hydrogen (secondary N) is 1. The molecule has 2 aliphatic carbocycles. The van der Waals surface area contributed by atoms with Crippen LogP contribution in [0.15, 0.2) is 5.38 Å². The topological polar surface area (TPSA) is 50.9 Å². The molecule has 19 heavy (non-hydrogen) atoms. The Morgan fingerprint density at radius 1 is 1.32 bits per heavy atom. The molecule has 1 atom stereocenters. The van der Waals surface area contributed by atoms with E-state index in [0.717, 1.165) is 29.2 Å². The smallest absolute Gasteiger partial charge is 0.0897 e. The minimum absolute atomic E-state index is 0.414. The van der Waals surface area contributed by atoms with Crippen LogP contribution in [0.4, 0.5) is 0 Å². The van der Waals surface area contributed by atoms with Crippen LogP contribution in [-0.2, 0) is 6.42 Å². The van der Waals surface area contributed by atoms with Crippen molar-refractivity contribution in [2.24, 2.45) is 23.6 Å². The summed E-state index contributed by atoms with van der Waals surface area (Å²) in [7, 11) is 0. The fraction of sp³-hybridized carbons (Fsp3) is 0.800. The first-order chi connectivity index (χ1) is 9.28. The first-order valence-corrected chi connectivity index (χ1v) is 8.53. The van der Waals surface area contributed by atoms with Crippen molar-refractivity contribution in [3.05, 3.63) is 16.1 Å². The summed E-state index contributed by atoms with van der Waals surface area (Å²) in [5.41, 5.74) is 4.34. The number of nitrogens with two attached hydrogens (primary N) is 1. The van der Waals surface area contributed by atoms with Crippen molar-refractivity contribution < 1.29 is 0 Å². The van der Waals surface area contributed by atoms with Crippen LogP contribution < -0.4 is 11.3 Å². The predicted molar refractivity (Wildman–Crippen MR) is 79.8 cm³/mol. The zero-order chi connectivity index (χ0) is 13.2. The third-order valence-electron chi connectivity index (χ3n) is 5.16. The molecule has 2 saturated carbocycles. The van der Waals surface area contributed by atoms with Gasteiger partial charge >= 0.3 is 0 Å².